The second-order valence-electron chi connectivity index (χ2n) is 4.87. The normalized spacial score (nSPS) is 11.1. The van der Waals surface area contributed by atoms with Crippen molar-refractivity contribution >= 4 is 6.09 Å². The average molecular weight is 258 g/mol. The minimum atomic E-state index is -0.448. The molecule has 0 heterocycles. The Morgan fingerprint density at radius 3 is 2.56 bits per heavy atom. The van der Waals surface area contributed by atoms with Crippen molar-refractivity contribution in [3.05, 3.63) is 12.7 Å². The summed E-state index contributed by atoms with van der Waals surface area (Å²) in [7, 11) is 0. The van der Waals surface area contributed by atoms with Crippen LogP contribution in [0.2, 0.25) is 0 Å². The molecule has 18 heavy (non-hydrogen) atoms. The van der Waals surface area contributed by atoms with Crippen LogP contribution in [0.4, 0.5) is 4.79 Å². The van der Waals surface area contributed by atoms with Gasteiger partial charge in [-0.15, -0.1) is 6.58 Å². The van der Waals surface area contributed by atoms with E-state index in [9.17, 15) is 4.79 Å². The third kappa shape index (κ3) is 13.0. The van der Waals surface area contributed by atoms with Gasteiger partial charge in [0.1, 0.15) is 5.60 Å². The van der Waals surface area contributed by atoms with Gasteiger partial charge in [0.2, 0.25) is 0 Å². The SMILES string of the molecule is C=CCCOCCNCCNC(=O)OC(C)(C)C. The minimum absolute atomic E-state index is 0.383. The fourth-order valence-corrected chi connectivity index (χ4v) is 1.11. The molecule has 0 aliphatic heterocycles. The molecule has 0 fully saturated rings. The van der Waals surface area contributed by atoms with Crippen LogP contribution < -0.4 is 10.6 Å². The molecule has 0 rings (SSSR count). The second-order valence-corrected chi connectivity index (χ2v) is 4.87. The molecule has 0 aromatic carbocycles. The Morgan fingerprint density at radius 1 is 1.22 bits per heavy atom. The zero-order valence-corrected chi connectivity index (χ0v) is 11.8. The van der Waals surface area contributed by atoms with Gasteiger partial charge in [-0.05, 0) is 27.2 Å². The van der Waals surface area contributed by atoms with Crippen molar-refractivity contribution in [1.82, 2.24) is 10.6 Å². The number of hydrogen-bond donors (Lipinski definition) is 2. The van der Waals surface area contributed by atoms with E-state index in [0.717, 1.165) is 13.0 Å². The predicted molar refractivity (Wildman–Crippen MR) is 72.7 cm³/mol. The molecule has 0 bridgehead atoms. The van der Waals surface area contributed by atoms with Crippen LogP contribution in [-0.2, 0) is 9.47 Å². The van der Waals surface area contributed by atoms with E-state index in [1.54, 1.807) is 0 Å². The van der Waals surface area contributed by atoms with Crippen molar-refractivity contribution in [2.75, 3.05) is 32.8 Å². The van der Waals surface area contributed by atoms with Gasteiger partial charge < -0.3 is 20.1 Å². The number of nitrogens with one attached hydrogen (secondary N) is 2. The number of amides is 1. The van der Waals surface area contributed by atoms with Crippen LogP contribution >= 0.6 is 0 Å². The molecule has 0 radical (unpaired) electrons. The third-order valence-corrected chi connectivity index (χ3v) is 1.86. The van der Waals surface area contributed by atoms with Gasteiger partial charge in [-0.3, -0.25) is 0 Å². The predicted octanol–water partition coefficient (Wildman–Crippen LogP) is 1.69. The second kappa shape index (κ2) is 9.91. The highest BCUT2D eigenvalue weighted by molar-refractivity contribution is 5.67. The van der Waals surface area contributed by atoms with E-state index < -0.39 is 5.60 Å². The molecule has 0 atom stereocenters. The van der Waals surface area contributed by atoms with E-state index in [-0.39, 0.29) is 6.09 Å². The summed E-state index contributed by atoms with van der Waals surface area (Å²) in [5.74, 6) is 0. The molecule has 0 aliphatic carbocycles. The summed E-state index contributed by atoms with van der Waals surface area (Å²) in [6.07, 6.45) is 2.32. The number of carbonyl (C=O) groups is 1. The van der Waals surface area contributed by atoms with Crippen LogP contribution in [-0.4, -0.2) is 44.5 Å². The molecule has 0 unspecified atom stereocenters. The van der Waals surface area contributed by atoms with Crippen LogP contribution in [0.1, 0.15) is 27.2 Å². The van der Waals surface area contributed by atoms with Gasteiger partial charge in [0.15, 0.2) is 0 Å². The summed E-state index contributed by atoms with van der Waals surface area (Å²) in [5.41, 5.74) is -0.448. The first-order chi connectivity index (χ1) is 8.45. The van der Waals surface area contributed by atoms with Crippen molar-refractivity contribution in [3.63, 3.8) is 0 Å². The largest absolute Gasteiger partial charge is 0.444 e. The lowest BCUT2D eigenvalue weighted by atomic mass is 10.2. The number of ether oxygens (including phenoxy) is 2. The maximum absolute atomic E-state index is 11.3. The van der Waals surface area contributed by atoms with Gasteiger partial charge in [-0.1, -0.05) is 6.08 Å². The standard InChI is InChI=1S/C13H26N2O3/c1-5-6-10-17-11-9-14-7-8-15-12(16)18-13(2,3)4/h5,14H,1,6-11H2,2-4H3,(H,15,16). The van der Waals surface area contributed by atoms with Crippen molar-refractivity contribution < 1.29 is 14.3 Å². The summed E-state index contributed by atoms with van der Waals surface area (Å²) < 4.78 is 10.4. The molecule has 2 N–H and O–H groups in total. The highest BCUT2D eigenvalue weighted by Gasteiger charge is 2.15. The Bertz CT molecular complexity index is 237. The molecule has 106 valence electrons. The first-order valence-corrected chi connectivity index (χ1v) is 6.32. The van der Waals surface area contributed by atoms with Crippen LogP contribution in [0, 0.1) is 0 Å². The molecule has 0 saturated heterocycles. The molecule has 5 nitrogen and oxygen atoms in total. The third-order valence-electron chi connectivity index (χ3n) is 1.86. The summed E-state index contributed by atoms with van der Waals surface area (Å²) in [4.78, 5) is 11.3. The van der Waals surface area contributed by atoms with E-state index >= 15 is 0 Å². The zero-order valence-electron chi connectivity index (χ0n) is 11.8. The lowest BCUT2D eigenvalue weighted by molar-refractivity contribution is 0.0528. The van der Waals surface area contributed by atoms with Crippen molar-refractivity contribution in [2.45, 2.75) is 32.8 Å². The Kier molecular flexibility index (Phi) is 9.32. The van der Waals surface area contributed by atoms with Crippen LogP contribution in [0.5, 0.6) is 0 Å². The first-order valence-electron chi connectivity index (χ1n) is 6.32. The first kappa shape index (κ1) is 16.9. The van der Waals surface area contributed by atoms with Crippen LogP contribution in [0.15, 0.2) is 12.7 Å². The number of rotatable bonds is 9. The fourth-order valence-electron chi connectivity index (χ4n) is 1.11. The molecule has 0 aliphatic rings. The maximum atomic E-state index is 11.3. The van der Waals surface area contributed by atoms with Crippen molar-refractivity contribution in [1.29, 1.82) is 0 Å². The molecule has 1 amide bonds. The monoisotopic (exact) mass is 258 g/mol. The Labute approximate surface area is 110 Å². The van der Waals surface area contributed by atoms with Gasteiger partial charge >= 0.3 is 6.09 Å². The summed E-state index contributed by atoms with van der Waals surface area (Å²) >= 11 is 0. The van der Waals surface area contributed by atoms with E-state index in [1.807, 2.05) is 26.8 Å². The molecular weight excluding hydrogens is 232 g/mol. The summed E-state index contributed by atoms with van der Waals surface area (Å²) in [6.45, 7) is 12.5. The molecule has 5 heteroatoms. The van der Waals surface area contributed by atoms with Gasteiger partial charge in [0, 0.05) is 19.6 Å². The Morgan fingerprint density at radius 2 is 1.94 bits per heavy atom. The van der Waals surface area contributed by atoms with Crippen molar-refractivity contribution in [3.8, 4) is 0 Å². The van der Waals surface area contributed by atoms with Gasteiger partial charge in [-0.2, -0.15) is 0 Å². The molecule has 0 aromatic heterocycles. The molecule has 0 aromatic rings. The zero-order chi connectivity index (χ0) is 13.9. The van der Waals surface area contributed by atoms with E-state index in [0.29, 0.717) is 26.3 Å². The number of carbonyl (C=O) groups excluding carboxylic acids is 1. The summed E-state index contributed by atoms with van der Waals surface area (Å²) in [6, 6.07) is 0. The Balaban J connectivity index is 3.25. The molecule has 0 saturated carbocycles. The highest BCUT2D eigenvalue weighted by Crippen LogP contribution is 2.05. The fraction of sp³-hybridized carbons (Fsp3) is 0.769. The topological polar surface area (TPSA) is 59.6 Å². The van der Waals surface area contributed by atoms with E-state index in [2.05, 4.69) is 17.2 Å². The molecular formula is C13H26N2O3. The van der Waals surface area contributed by atoms with Crippen LogP contribution in [0.25, 0.3) is 0 Å². The van der Waals surface area contributed by atoms with Crippen molar-refractivity contribution in [2.24, 2.45) is 0 Å². The Hall–Kier alpha value is -1.07. The van der Waals surface area contributed by atoms with Gasteiger partial charge in [0.05, 0.1) is 13.2 Å². The molecule has 0 spiro atoms. The van der Waals surface area contributed by atoms with Gasteiger partial charge in [0.25, 0.3) is 0 Å². The van der Waals surface area contributed by atoms with Crippen LogP contribution in [0.3, 0.4) is 0 Å². The maximum Gasteiger partial charge on any atom is 0.407 e. The average Bonchev–Trinajstić information content (AvgIpc) is 2.24. The lowest BCUT2D eigenvalue weighted by Gasteiger charge is -2.19. The van der Waals surface area contributed by atoms with Gasteiger partial charge in [-0.25, -0.2) is 4.79 Å². The summed E-state index contributed by atoms with van der Waals surface area (Å²) in [5, 5.41) is 5.83. The number of alkyl carbamates (subject to hydrolysis) is 1. The lowest BCUT2D eigenvalue weighted by Crippen LogP contribution is -2.37. The highest BCUT2D eigenvalue weighted by atomic mass is 16.6. The van der Waals surface area contributed by atoms with E-state index in [1.165, 1.54) is 0 Å². The quantitative estimate of drug-likeness (QED) is 0.488. The minimum Gasteiger partial charge on any atom is -0.444 e. The van der Waals surface area contributed by atoms with E-state index in [4.69, 9.17) is 9.47 Å². The number of hydrogen-bond acceptors (Lipinski definition) is 4. The smallest absolute Gasteiger partial charge is 0.407 e.